The van der Waals surface area contributed by atoms with Gasteiger partial charge in [-0.25, -0.2) is 0 Å². The van der Waals surface area contributed by atoms with Crippen molar-refractivity contribution in [2.45, 2.75) is 23.5 Å². The first-order chi connectivity index (χ1) is 13.0. The van der Waals surface area contributed by atoms with Crippen LogP contribution in [-0.2, 0) is 6.54 Å². The summed E-state index contributed by atoms with van der Waals surface area (Å²) in [5, 5.41) is 20.3. The zero-order valence-corrected chi connectivity index (χ0v) is 15.2. The molecular formula is C18H15N5O3S. The highest BCUT2D eigenvalue weighted by Gasteiger charge is 2.21. The van der Waals surface area contributed by atoms with Crippen LogP contribution in [0.4, 0.5) is 5.69 Å². The number of allylic oxidation sites excluding steroid dienone is 1. The Morgan fingerprint density at radius 2 is 2.04 bits per heavy atom. The van der Waals surface area contributed by atoms with E-state index in [1.54, 1.807) is 30.6 Å². The number of aromatic nitrogens is 4. The summed E-state index contributed by atoms with van der Waals surface area (Å²) in [6, 6.07) is 8.02. The Morgan fingerprint density at radius 3 is 2.67 bits per heavy atom. The predicted octanol–water partition coefficient (Wildman–Crippen LogP) is 3.79. The SMILES string of the molecule is C=CCn1c(Sc2ccc(C(C)=O)cc2[N+](=O)[O-])nnc1-c1ccncc1. The molecule has 0 aliphatic heterocycles. The highest BCUT2D eigenvalue weighted by atomic mass is 32.2. The molecule has 0 spiro atoms. The van der Waals surface area contributed by atoms with Crippen molar-refractivity contribution in [1.82, 2.24) is 19.7 Å². The second kappa shape index (κ2) is 7.92. The lowest BCUT2D eigenvalue weighted by molar-refractivity contribution is -0.387. The first kappa shape index (κ1) is 18.5. The molecule has 0 amide bonds. The standard InChI is InChI=1S/C18H15N5O3S/c1-3-10-22-17(13-6-8-19-9-7-13)20-21-18(22)27-16-5-4-14(12(2)24)11-15(16)23(25)26/h3-9,11H,1,10H2,2H3. The fourth-order valence-electron chi connectivity index (χ4n) is 2.44. The molecule has 8 nitrogen and oxygen atoms in total. The van der Waals surface area contributed by atoms with Crippen LogP contribution >= 0.6 is 11.8 Å². The molecule has 2 aromatic heterocycles. The fourth-order valence-corrected chi connectivity index (χ4v) is 3.36. The van der Waals surface area contributed by atoms with Gasteiger partial charge in [0.25, 0.3) is 5.69 Å². The molecule has 0 radical (unpaired) electrons. The summed E-state index contributed by atoms with van der Waals surface area (Å²) in [5.41, 5.74) is 0.968. The van der Waals surface area contributed by atoms with Gasteiger partial charge in [0.2, 0.25) is 0 Å². The van der Waals surface area contributed by atoms with Crippen LogP contribution in [0.3, 0.4) is 0 Å². The Morgan fingerprint density at radius 1 is 1.30 bits per heavy atom. The number of Topliss-reactive ketones (excluding diaryl/α,β-unsaturated/α-hetero) is 1. The molecule has 3 aromatic rings. The van der Waals surface area contributed by atoms with E-state index in [0.717, 1.165) is 17.3 Å². The number of pyridine rings is 1. The molecule has 0 bridgehead atoms. The maximum absolute atomic E-state index is 11.5. The minimum atomic E-state index is -0.507. The molecule has 0 saturated heterocycles. The van der Waals surface area contributed by atoms with E-state index >= 15 is 0 Å². The third kappa shape index (κ3) is 3.93. The van der Waals surface area contributed by atoms with Gasteiger partial charge in [-0.1, -0.05) is 6.08 Å². The molecule has 0 aliphatic rings. The molecule has 0 atom stereocenters. The lowest BCUT2D eigenvalue weighted by atomic mass is 10.1. The topological polar surface area (TPSA) is 104 Å². The Kier molecular flexibility index (Phi) is 5.41. The number of rotatable bonds is 7. The average molecular weight is 381 g/mol. The third-order valence-electron chi connectivity index (χ3n) is 3.73. The van der Waals surface area contributed by atoms with E-state index < -0.39 is 4.92 Å². The van der Waals surface area contributed by atoms with Gasteiger partial charge in [-0.15, -0.1) is 16.8 Å². The number of nitro groups is 1. The second-order valence-electron chi connectivity index (χ2n) is 5.54. The number of ketones is 1. The van der Waals surface area contributed by atoms with Crippen LogP contribution < -0.4 is 0 Å². The number of nitrogens with zero attached hydrogens (tertiary/aromatic N) is 5. The Bertz CT molecular complexity index is 1020. The lowest BCUT2D eigenvalue weighted by Crippen LogP contribution is -2.01. The zero-order valence-electron chi connectivity index (χ0n) is 14.4. The Labute approximate surface area is 159 Å². The van der Waals surface area contributed by atoms with E-state index in [1.807, 2.05) is 16.7 Å². The molecule has 0 unspecified atom stereocenters. The van der Waals surface area contributed by atoms with E-state index in [2.05, 4.69) is 21.8 Å². The van der Waals surface area contributed by atoms with Crippen LogP contribution in [0, 0.1) is 10.1 Å². The van der Waals surface area contributed by atoms with Crippen molar-refractivity contribution in [3.8, 4) is 11.4 Å². The van der Waals surface area contributed by atoms with E-state index in [4.69, 9.17) is 0 Å². The van der Waals surface area contributed by atoms with Crippen molar-refractivity contribution in [3.63, 3.8) is 0 Å². The summed E-state index contributed by atoms with van der Waals surface area (Å²) in [7, 11) is 0. The summed E-state index contributed by atoms with van der Waals surface area (Å²) < 4.78 is 1.82. The summed E-state index contributed by atoms with van der Waals surface area (Å²) in [5.74, 6) is 0.382. The van der Waals surface area contributed by atoms with Crippen LogP contribution in [-0.4, -0.2) is 30.5 Å². The number of hydrogen-bond donors (Lipinski definition) is 0. The van der Waals surface area contributed by atoms with Gasteiger partial charge in [-0.2, -0.15) is 0 Å². The summed E-state index contributed by atoms with van der Waals surface area (Å²) >= 11 is 1.12. The van der Waals surface area contributed by atoms with Gasteiger partial charge in [0.1, 0.15) is 0 Å². The van der Waals surface area contributed by atoms with Gasteiger partial charge in [-0.3, -0.25) is 24.5 Å². The van der Waals surface area contributed by atoms with Gasteiger partial charge < -0.3 is 0 Å². The van der Waals surface area contributed by atoms with Crippen LogP contribution in [0.5, 0.6) is 0 Å². The normalized spacial score (nSPS) is 10.6. The van der Waals surface area contributed by atoms with Crippen molar-refractivity contribution in [2.24, 2.45) is 0 Å². The van der Waals surface area contributed by atoms with Crippen LogP contribution in [0.1, 0.15) is 17.3 Å². The summed E-state index contributed by atoms with van der Waals surface area (Å²) in [4.78, 5) is 26.8. The maximum Gasteiger partial charge on any atom is 0.284 e. The van der Waals surface area contributed by atoms with Crippen molar-refractivity contribution in [3.05, 3.63) is 71.1 Å². The van der Waals surface area contributed by atoms with Gasteiger partial charge in [0.15, 0.2) is 16.8 Å². The monoisotopic (exact) mass is 381 g/mol. The minimum Gasteiger partial charge on any atom is -0.298 e. The minimum absolute atomic E-state index is 0.147. The molecule has 27 heavy (non-hydrogen) atoms. The summed E-state index contributed by atoms with van der Waals surface area (Å²) in [6.45, 7) is 5.56. The molecule has 9 heteroatoms. The smallest absolute Gasteiger partial charge is 0.284 e. The number of nitro benzene ring substituents is 1. The van der Waals surface area contributed by atoms with Crippen molar-refractivity contribution in [1.29, 1.82) is 0 Å². The third-order valence-corrected chi connectivity index (χ3v) is 4.78. The van der Waals surface area contributed by atoms with Gasteiger partial charge in [0.05, 0.1) is 9.82 Å². The quantitative estimate of drug-likeness (QED) is 0.265. The average Bonchev–Trinajstić information content (AvgIpc) is 3.05. The molecule has 0 aliphatic carbocycles. The van der Waals surface area contributed by atoms with E-state index in [0.29, 0.717) is 22.4 Å². The van der Waals surface area contributed by atoms with Crippen LogP contribution in [0.25, 0.3) is 11.4 Å². The molecule has 0 N–H and O–H groups in total. The van der Waals surface area contributed by atoms with Gasteiger partial charge in [-0.05, 0) is 43.0 Å². The molecular weight excluding hydrogens is 366 g/mol. The summed E-state index contributed by atoms with van der Waals surface area (Å²) in [6.07, 6.45) is 5.01. The lowest BCUT2D eigenvalue weighted by Gasteiger charge is -2.08. The van der Waals surface area contributed by atoms with E-state index in [9.17, 15) is 14.9 Å². The van der Waals surface area contributed by atoms with Crippen molar-refractivity contribution < 1.29 is 9.72 Å². The Balaban J connectivity index is 2.03. The molecule has 0 fully saturated rings. The molecule has 1 aromatic carbocycles. The highest BCUT2D eigenvalue weighted by molar-refractivity contribution is 7.99. The largest absolute Gasteiger partial charge is 0.298 e. The van der Waals surface area contributed by atoms with Gasteiger partial charge in [0, 0.05) is 36.1 Å². The molecule has 0 saturated carbocycles. The van der Waals surface area contributed by atoms with Gasteiger partial charge >= 0.3 is 0 Å². The number of benzene rings is 1. The number of carbonyl (C=O) groups excluding carboxylic acids is 1. The van der Waals surface area contributed by atoms with Crippen molar-refractivity contribution in [2.75, 3.05) is 0 Å². The van der Waals surface area contributed by atoms with Crippen LogP contribution in [0.15, 0.2) is 65.4 Å². The van der Waals surface area contributed by atoms with E-state index in [1.165, 1.54) is 13.0 Å². The Hall–Kier alpha value is -3.33. The number of carbonyl (C=O) groups is 1. The van der Waals surface area contributed by atoms with Crippen molar-refractivity contribution >= 4 is 23.2 Å². The number of hydrogen-bond acceptors (Lipinski definition) is 7. The maximum atomic E-state index is 11.5. The predicted molar refractivity (Wildman–Crippen MR) is 101 cm³/mol. The fraction of sp³-hybridized carbons (Fsp3) is 0.111. The zero-order chi connectivity index (χ0) is 19.4. The molecule has 2 heterocycles. The highest BCUT2D eigenvalue weighted by Crippen LogP contribution is 2.36. The molecule has 3 rings (SSSR count). The second-order valence-corrected chi connectivity index (χ2v) is 6.55. The first-order valence-electron chi connectivity index (χ1n) is 7.93. The first-order valence-corrected chi connectivity index (χ1v) is 8.74. The van der Waals surface area contributed by atoms with E-state index in [-0.39, 0.29) is 17.0 Å². The molecule has 136 valence electrons. The van der Waals surface area contributed by atoms with Crippen LogP contribution in [0.2, 0.25) is 0 Å².